The minimum absolute atomic E-state index is 0.0239. The zero-order valence-corrected chi connectivity index (χ0v) is 10.5. The third-order valence-electron chi connectivity index (χ3n) is 1.97. The van der Waals surface area contributed by atoms with E-state index in [1.807, 2.05) is 6.07 Å². The summed E-state index contributed by atoms with van der Waals surface area (Å²) in [5.74, 6) is 0.321. The van der Waals surface area contributed by atoms with Crippen molar-refractivity contribution in [1.82, 2.24) is 4.98 Å². The van der Waals surface area contributed by atoms with Crippen molar-refractivity contribution < 1.29 is 8.42 Å². The number of nitrogens with two attached hydrogens (primary N) is 1. The summed E-state index contributed by atoms with van der Waals surface area (Å²) in [5.41, 5.74) is 6.19. The fourth-order valence-electron chi connectivity index (χ4n) is 1.41. The molecule has 1 atom stereocenters. The van der Waals surface area contributed by atoms with Crippen LogP contribution in [0.2, 0.25) is 0 Å². The number of sulfone groups is 1. The van der Waals surface area contributed by atoms with Gasteiger partial charge in [0.1, 0.15) is 21.7 Å². The summed E-state index contributed by atoms with van der Waals surface area (Å²) in [5, 5.41) is 11.8. The van der Waals surface area contributed by atoms with E-state index in [0.717, 1.165) is 6.26 Å². The zero-order valence-electron chi connectivity index (χ0n) is 9.64. The molecule has 1 aromatic rings. The second-order valence-corrected chi connectivity index (χ2v) is 6.10. The lowest BCUT2D eigenvalue weighted by Crippen LogP contribution is -2.26. The van der Waals surface area contributed by atoms with Crippen LogP contribution in [0.5, 0.6) is 0 Å². The van der Waals surface area contributed by atoms with Gasteiger partial charge in [-0.05, 0) is 13.0 Å². The Morgan fingerprint density at radius 1 is 1.65 bits per heavy atom. The van der Waals surface area contributed by atoms with Crippen molar-refractivity contribution in [3.63, 3.8) is 0 Å². The smallest absolute Gasteiger partial charge is 0.149 e. The number of nitrogen functional groups attached to an aromatic ring is 1. The number of rotatable bonds is 4. The molecular formula is C10H14N4O2S. The predicted octanol–water partition coefficient (Wildman–Crippen LogP) is 0.380. The van der Waals surface area contributed by atoms with Crippen LogP contribution in [0, 0.1) is 11.3 Å². The summed E-state index contributed by atoms with van der Waals surface area (Å²) in [6, 6.07) is 3.11. The molecule has 0 aliphatic rings. The summed E-state index contributed by atoms with van der Waals surface area (Å²) < 4.78 is 22.2. The van der Waals surface area contributed by atoms with Crippen molar-refractivity contribution >= 4 is 21.3 Å². The summed E-state index contributed by atoms with van der Waals surface area (Å²) in [4.78, 5) is 3.97. The molecule has 1 aromatic heterocycles. The van der Waals surface area contributed by atoms with Gasteiger partial charge in [-0.25, -0.2) is 13.4 Å². The first-order chi connectivity index (χ1) is 7.81. The van der Waals surface area contributed by atoms with Crippen LogP contribution in [0.3, 0.4) is 0 Å². The molecule has 0 spiro atoms. The Labute approximate surface area is 100 Å². The van der Waals surface area contributed by atoms with E-state index in [4.69, 9.17) is 11.0 Å². The second kappa shape index (κ2) is 5.01. The highest BCUT2D eigenvalue weighted by molar-refractivity contribution is 7.90. The first-order valence-electron chi connectivity index (χ1n) is 4.91. The molecule has 7 heteroatoms. The van der Waals surface area contributed by atoms with Gasteiger partial charge in [0.15, 0.2) is 0 Å². The van der Waals surface area contributed by atoms with Crippen molar-refractivity contribution in [2.24, 2.45) is 0 Å². The first kappa shape index (κ1) is 13.3. The predicted molar refractivity (Wildman–Crippen MR) is 66.2 cm³/mol. The van der Waals surface area contributed by atoms with Crippen LogP contribution in [-0.2, 0) is 9.84 Å². The number of nitriles is 1. The monoisotopic (exact) mass is 254 g/mol. The maximum Gasteiger partial charge on any atom is 0.149 e. The maximum atomic E-state index is 11.1. The highest BCUT2D eigenvalue weighted by Crippen LogP contribution is 2.15. The van der Waals surface area contributed by atoms with E-state index in [9.17, 15) is 8.42 Å². The largest absolute Gasteiger partial charge is 0.397 e. The molecule has 1 unspecified atom stereocenters. The van der Waals surface area contributed by atoms with Crippen molar-refractivity contribution in [2.45, 2.75) is 13.0 Å². The molecule has 0 fully saturated rings. The molecule has 0 aliphatic carbocycles. The van der Waals surface area contributed by atoms with E-state index >= 15 is 0 Å². The molecular weight excluding hydrogens is 240 g/mol. The van der Waals surface area contributed by atoms with Gasteiger partial charge in [-0.3, -0.25) is 0 Å². The lowest BCUT2D eigenvalue weighted by atomic mass is 10.2. The summed E-state index contributed by atoms with van der Waals surface area (Å²) in [6.07, 6.45) is 2.57. The van der Waals surface area contributed by atoms with Gasteiger partial charge in [0, 0.05) is 12.3 Å². The minimum atomic E-state index is -3.07. The van der Waals surface area contributed by atoms with Crippen molar-refractivity contribution in [3.05, 3.63) is 17.8 Å². The molecule has 1 rings (SSSR count). The van der Waals surface area contributed by atoms with E-state index in [0.29, 0.717) is 17.1 Å². The highest BCUT2D eigenvalue weighted by Gasteiger charge is 2.13. The Kier molecular flexibility index (Phi) is 3.91. The molecule has 0 aliphatic heterocycles. The molecule has 0 aromatic carbocycles. The number of nitrogens with zero attached hydrogens (tertiary/aromatic N) is 2. The van der Waals surface area contributed by atoms with Gasteiger partial charge in [-0.2, -0.15) is 5.26 Å². The van der Waals surface area contributed by atoms with Crippen LogP contribution in [0.4, 0.5) is 11.5 Å². The topological polar surface area (TPSA) is 109 Å². The van der Waals surface area contributed by atoms with Gasteiger partial charge in [-0.1, -0.05) is 0 Å². The number of pyridine rings is 1. The first-order valence-corrected chi connectivity index (χ1v) is 6.98. The average molecular weight is 254 g/mol. The van der Waals surface area contributed by atoms with E-state index in [2.05, 4.69) is 10.3 Å². The van der Waals surface area contributed by atoms with Gasteiger partial charge in [-0.15, -0.1) is 0 Å². The molecule has 0 saturated carbocycles. The Balaban J connectivity index is 2.86. The SMILES string of the molecule is CC(CS(C)(=O)=O)Nc1ncc(N)cc1C#N. The molecule has 0 saturated heterocycles. The van der Waals surface area contributed by atoms with Crippen LogP contribution in [0.15, 0.2) is 12.3 Å². The van der Waals surface area contributed by atoms with E-state index in [1.165, 1.54) is 12.3 Å². The Morgan fingerprint density at radius 3 is 2.82 bits per heavy atom. The van der Waals surface area contributed by atoms with E-state index in [1.54, 1.807) is 6.92 Å². The van der Waals surface area contributed by atoms with Gasteiger partial charge in [0.05, 0.1) is 23.2 Å². The molecule has 92 valence electrons. The van der Waals surface area contributed by atoms with Crippen LogP contribution < -0.4 is 11.1 Å². The van der Waals surface area contributed by atoms with Gasteiger partial charge < -0.3 is 11.1 Å². The van der Waals surface area contributed by atoms with Gasteiger partial charge >= 0.3 is 0 Å². The average Bonchev–Trinajstić information content (AvgIpc) is 2.17. The minimum Gasteiger partial charge on any atom is -0.397 e. The fourth-order valence-corrected chi connectivity index (χ4v) is 2.40. The Hall–Kier alpha value is -1.81. The Morgan fingerprint density at radius 2 is 2.29 bits per heavy atom. The molecule has 3 N–H and O–H groups in total. The van der Waals surface area contributed by atoms with Crippen molar-refractivity contribution in [1.29, 1.82) is 5.26 Å². The quantitative estimate of drug-likeness (QED) is 0.804. The number of hydrogen-bond acceptors (Lipinski definition) is 6. The fraction of sp³-hybridized carbons (Fsp3) is 0.400. The highest BCUT2D eigenvalue weighted by atomic mass is 32.2. The zero-order chi connectivity index (χ0) is 13.1. The summed E-state index contributed by atoms with van der Waals surface area (Å²) >= 11 is 0. The maximum absolute atomic E-state index is 11.1. The van der Waals surface area contributed by atoms with Crippen molar-refractivity contribution in [2.75, 3.05) is 23.1 Å². The van der Waals surface area contributed by atoms with Crippen molar-refractivity contribution in [3.8, 4) is 6.07 Å². The second-order valence-electron chi connectivity index (χ2n) is 3.91. The third kappa shape index (κ3) is 4.28. The molecule has 0 bridgehead atoms. The molecule has 6 nitrogen and oxygen atoms in total. The van der Waals surface area contributed by atoms with Crippen LogP contribution in [-0.4, -0.2) is 31.5 Å². The summed E-state index contributed by atoms with van der Waals surface area (Å²) in [7, 11) is -3.07. The standard InChI is InChI=1S/C10H14N4O2S/c1-7(6-17(2,15)16)14-10-8(4-11)3-9(12)5-13-10/h3,5,7H,6,12H2,1-2H3,(H,13,14). The van der Waals surface area contributed by atoms with Gasteiger partial charge in [0.25, 0.3) is 0 Å². The van der Waals surface area contributed by atoms with Gasteiger partial charge in [0.2, 0.25) is 0 Å². The number of hydrogen-bond donors (Lipinski definition) is 2. The normalized spacial score (nSPS) is 12.8. The lowest BCUT2D eigenvalue weighted by molar-refractivity contribution is 0.598. The van der Waals surface area contributed by atoms with E-state index < -0.39 is 9.84 Å². The van der Waals surface area contributed by atoms with Crippen LogP contribution in [0.1, 0.15) is 12.5 Å². The molecule has 17 heavy (non-hydrogen) atoms. The number of aromatic nitrogens is 1. The van der Waals surface area contributed by atoms with Crippen LogP contribution >= 0.6 is 0 Å². The lowest BCUT2D eigenvalue weighted by Gasteiger charge is -2.14. The molecule has 0 amide bonds. The molecule has 0 radical (unpaired) electrons. The molecule has 1 heterocycles. The number of nitrogens with one attached hydrogen (secondary N) is 1. The summed E-state index contributed by atoms with van der Waals surface area (Å²) in [6.45, 7) is 1.71. The third-order valence-corrected chi connectivity index (χ3v) is 3.07. The number of anilines is 2. The van der Waals surface area contributed by atoms with E-state index in [-0.39, 0.29) is 11.8 Å². The Bertz CT molecular complexity index is 548. The van der Waals surface area contributed by atoms with Crippen LogP contribution in [0.25, 0.3) is 0 Å².